The Balaban J connectivity index is 1.68. The number of carbonyl (C=O) groups excluding carboxylic acids is 2. The van der Waals surface area contributed by atoms with E-state index in [-0.39, 0.29) is 17.5 Å². The summed E-state index contributed by atoms with van der Waals surface area (Å²) in [6.07, 6.45) is 0.995. The van der Waals surface area contributed by atoms with Crippen LogP contribution in [0, 0.1) is 0 Å². The van der Waals surface area contributed by atoms with Crippen molar-refractivity contribution in [3.05, 3.63) is 77.4 Å². The van der Waals surface area contributed by atoms with Gasteiger partial charge in [0.05, 0.1) is 12.7 Å². The second-order valence-corrected chi connectivity index (χ2v) is 5.86. The number of carbonyl (C=O) groups is 2. The molecule has 3 rings (SSSR count). The monoisotopic (exact) mass is 334 g/mol. The fourth-order valence-corrected chi connectivity index (χ4v) is 2.73. The van der Waals surface area contributed by atoms with Crippen LogP contribution in [-0.2, 0) is 11.2 Å². The number of aryl methyl sites for hydroxylation is 1. The van der Waals surface area contributed by atoms with Crippen LogP contribution in [0.15, 0.2) is 60.7 Å². The van der Waals surface area contributed by atoms with Crippen LogP contribution in [0.1, 0.15) is 32.7 Å². The van der Waals surface area contributed by atoms with Gasteiger partial charge in [0.15, 0.2) is 5.78 Å². The Hall–Kier alpha value is -3.14. The molecule has 126 valence electrons. The molecule has 0 fully saturated rings. The highest BCUT2D eigenvalue weighted by Gasteiger charge is 2.09. The molecule has 0 bridgehead atoms. The van der Waals surface area contributed by atoms with Gasteiger partial charge < -0.3 is 9.84 Å². The summed E-state index contributed by atoms with van der Waals surface area (Å²) in [6.45, 7) is 0. The fraction of sp³-hybridized carbons (Fsp3) is 0.143. The lowest BCUT2D eigenvalue weighted by Crippen LogP contribution is -2.03. The molecule has 25 heavy (non-hydrogen) atoms. The molecule has 0 unspecified atom stereocenters. The SMILES string of the molecule is COC(=O)c1ccc(CCC(=O)c2ccc3cc(O)ccc3c2)cc1. The summed E-state index contributed by atoms with van der Waals surface area (Å²) < 4.78 is 4.67. The molecule has 3 aromatic carbocycles. The van der Waals surface area contributed by atoms with E-state index in [1.165, 1.54) is 7.11 Å². The number of rotatable bonds is 5. The van der Waals surface area contributed by atoms with Crippen LogP contribution in [0.3, 0.4) is 0 Å². The number of Topliss-reactive ketones (excluding diaryl/α,β-unsaturated/α-hetero) is 1. The summed E-state index contributed by atoms with van der Waals surface area (Å²) in [5, 5.41) is 11.3. The Morgan fingerprint density at radius 3 is 2.24 bits per heavy atom. The summed E-state index contributed by atoms with van der Waals surface area (Å²) in [5.41, 5.74) is 2.14. The van der Waals surface area contributed by atoms with E-state index in [4.69, 9.17) is 0 Å². The van der Waals surface area contributed by atoms with E-state index in [1.54, 1.807) is 36.4 Å². The fourth-order valence-electron chi connectivity index (χ4n) is 2.73. The van der Waals surface area contributed by atoms with Crippen molar-refractivity contribution in [3.63, 3.8) is 0 Å². The van der Waals surface area contributed by atoms with Gasteiger partial charge in [-0.05, 0) is 53.1 Å². The van der Waals surface area contributed by atoms with Crippen LogP contribution in [0.4, 0.5) is 0 Å². The first-order chi connectivity index (χ1) is 12.1. The molecule has 4 nitrogen and oxygen atoms in total. The molecule has 0 aliphatic heterocycles. The van der Waals surface area contributed by atoms with Gasteiger partial charge >= 0.3 is 5.97 Å². The van der Waals surface area contributed by atoms with E-state index < -0.39 is 0 Å². The lowest BCUT2D eigenvalue weighted by Gasteiger charge is -2.05. The van der Waals surface area contributed by atoms with E-state index >= 15 is 0 Å². The van der Waals surface area contributed by atoms with E-state index in [0.717, 1.165) is 16.3 Å². The van der Waals surface area contributed by atoms with Crippen molar-refractivity contribution in [2.75, 3.05) is 7.11 Å². The van der Waals surface area contributed by atoms with Gasteiger partial charge in [0, 0.05) is 12.0 Å². The molecule has 0 aromatic heterocycles. The lowest BCUT2D eigenvalue weighted by atomic mass is 9.99. The quantitative estimate of drug-likeness (QED) is 0.562. The van der Waals surface area contributed by atoms with Crippen LogP contribution < -0.4 is 0 Å². The maximum Gasteiger partial charge on any atom is 0.337 e. The third-order valence-electron chi connectivity index (χ3n) is 4.16. The van der Waals surface area contributed by atoms with Crippen LogP contribution in [0.5, 0.6) is 5.75 Å². The van der Waals surface area contributed by atoms with Crippen molar-refractivity contribution < 1.29 is 19.4 Å². The lowest BCUT2D eigenvalue weighted by molar-refractivity contribution is 0.0600. The third-order valence-corrected chi connectivity index (χ3v) is 4.16. The Morgan fingerprint density at radius 2 is 1.52 bits per heavy atom. The zero-order chi connectivity index (χ0) is 17.8. The molecule has 0 spiro atoms. The highest BCUT2D eigenvalue weighted by Crippen LogP contribution is 2.22. The zero-order valence-corrected chi connectivity index (χ0v) is 13.9. The minimum Gasteiger partial charge on any atom is -0.508 e. The summed E-state index contributed by atoms with van der Waals surface area (Å²) in [4.78, 5) is 23.8. The Labute approximate surface area is 145 Å². The molecular weight excluding hydrogens is 316 g/mol. The van der Waals surface area contributed by atoms with Gasteiger partial charge in [-0.15, -0.1) is 0 Å². The van der Waals surface area contributed by atoms with Crippen LogP contribution in [0.2, 0.25) is 0 Å². The smallest absolute Gasteiger partial charge is 0.337 e. The number of esters is 1. The molecule has 1 N–H and O–H groups in total. The van der Waals surface area contributed by atoms with Crippen molar-refractivity contribution in [1.29, 1.82) is 0 Å². The number of phenols is 1. The number of ether oxygens (including phenoxy) is 1. The van der Waals surface area contributed by atoms with Crippen molar-refractivity contribution in [2.24, 2.45) is 0 Å². The van der Waals surface area contributed by atoms with E-state index in [1.807, 2.05) is 24.3 Å². The number of hydrogen-bond acceptors (Lipinski definition) is 4. The van der Waals surface area contributed by atoms with Crippen molar-refractivity contribution in [3.8, 4) is 5.75 Å². The summed E-state index contributed by atoms with van der Waals surface area (Å²) in [7, 11) is 1.35. The largest absolute Gasteiger partial charge is 0.508 e. The summed E-state index contributed by atoms with van der Waals surface area (Å²) >= 11 is 0. The van der Waals surface area contributed by atoms with Gasteiger partial charge in [-0.1, -0.05) is 30.3 Å². The molecule has 0 radical (unpaired) electrons. The van der Waals surface area contributed by atoms with E-state index in [9.17, 15) is 14.7 Å². The highest BCUT2D eigenvalue weighted by molar-refractivity contribution is 6.00. The first kappa shape index (κ1) is 16.7. The average Bonchev–Trinajstić information content (AvgIpc) is 2.65. The number of fused-ring (bicyclic) bond motifs is 1. The topological polar surface area (TPSA) is 63.6 Å². The average molecular weight is 334 g/mol. The molecule has 0 atom stereocenters. The number of phenolic OH excluding ortho intramolecular Hbond substituents is 1. The highest BCUT2D eigenvalue weighted by atomic mass is 16.5. The third kappa shape index (κ3) is 3.86. The summed E-state index contributed by atoms with van der Waals surface area (Å²) in [5.74, 6) is -0.0983. The molecule has 0 heterocycles. The van der Waals surface area contributed by atoms with Gasteiger partial charge in [0.25, 0.3) is 0 Å². The van der Waals surface area contributed by atoms with Gasteiger partial charge in [0.2, 0.25) is 0 Å². The molecule has 0 aliphatic carbocycles. The molecule has 3 aromatic rings. The normalized spacial score (nSPS) is 10.6. The van der Waals surface area contributed by atoms with Gasteiger partial charge in [-0.25, -0.2) is 4.79 Å². The first-order valence-electron chi connectivity index (χ1n) is 8.00. The van der Waals surface area contributed by atoms with Crippen molar-refractivity contribution in [1.82, 2.24) is 0 Å². The predicted molar refractivity (Wildman–Crippen MR) is 96.0 cm³/mol. The molecule has 0 saturated carbocycles. The second kappa shape index (κ2) is 7.18. The maximum absolute atomic E-state index is 12.4. The Morgan fingerprint density at radius 1 is 0.880 bits per heavy atom. The first-order valence-corrected chi connectivity index (χ1v) is 8.00. The zero-order valence-electron chi connectivity index (χ0n) is 13.9. The predicted octanol–water partition coefficient (Wildman–Crippen LogP) is 4.15. The molecular formula is C21H18O4. The number of methoxy groups -OCH3 is 1. The number of aromatic hydroxyl groups is 1. The van der Waals surface area contributed by atoms with Crippen molar-refractivity contribution >= 4 is 22.5 Å². The standard InChI is InChI=1S/C21H18O4/c1-25-21(24)15-5-2-14(3-6-15)4-11-20(23)18-8-7-17-13-19(22)10-9-16(17)12-18/h2-3,5-10,12-13,22H,4,11H2,1H3. The minimum absolute atomic E-state index is 0.0621. The second-order valence-electron chi connectivity index (χ2n) is 5.86. The van der Waals surface area contributed by atoms with E-state index in [0.29, 0.717) is 24.0 Å². The van der Waals surface area contributed by atoms with E-state index in [2.05, 4.69) is 4.74 Å². The van der Waals surface area contributed by atoms with Crippen LogP contribution in [-0.4, -0.2) is 24.0 Å². The number of ketones is 1. The van der Waals surface area contributed by atoms with Gasteiger partial charge in [0.1, 0.15) is 5.75 Å². The van der Waals surface area contributed by atoms with Crippen LogP contribution in [0.25, 0.3) is 10.8 Å². The maximum atomic E-state index is 12.4. The molecule has 0 saturated heterocycles. The van der Waals surface area contributed by atoms with Gasteiger partial charge in [-0.3, -0.25) is 4.79 Å². The number of benzene rings is 3. The van der Waals surface area contributed by atoms with Crippen molar-refractivity contribution in [2.45, 2.75) is 12.8 Å². The van der Waals surface area contributed by atoms with Gasteiger partial charge in [-0.2, -0.15) is 0 Å². The molecule has 0 amide bonds. The molecule has 4 heteroatoms. The number of hydrogen-bond donors (Lipinski definition) is 1. The minimum atomic E-state index is -0.371. The Kier molecular flexibility index (Phi) is 4.80. The Bertz CT molecular complexity index is 926. The summed E-state index contributed by atoms with van der Waals surface area (Å²) in [6, 6.07) is 17.6. The molecule has 0 aliphatic rings. The van der Waals surface area contributed by atoms with Crippen LogP contribution >= 0.6 is 0 Å².